The Kier molecular flexibility index (Phi) is 5.78. The van der Waals surface area contributed by atoms with Crippen molar-refractivity contribution in [2.45, 2.75) is 13.3 Å². The van der Waals surface area contributed by atoms with Gasteiger partial charge in [-0.05, 0) is 17.9 Å². The highest BCUT2D eigenvalue weighted by Crippen LogP contribution is 2.23. The first kappa shape index (κ1) is 18.1. The Morgan fingerprint density at radius 2 is 1.60 bits per heavy atom. The fourth-order valence-corrected chi connectivity index (χ4v) is 2.30. The van der Waals surface area contributed by atoms with Crippen LogP contribution in [-0.4, -0.2) is 22.4 Å². The molecule has 0 heterocycles. The highest BCUT2D eigenvalue weighted by Gasteiger charge is 2.21. The lowest BCUT2D eigenvalue weighted by molar-refractivity contribution is -0.394. The summed E-state index contributed by atoms with van der Waals surface area (Å²) in [6.07, 6.45) is 0.698. The summed E-state index contributed by atoms with van der Waals surface area (Å²) in [4.78, 5) is 32.2. The van der Waals surface area contributed by atoms with Gasteiger partial charge in [-0.25, -0.2) is 4.79 Å². The van der Waals surface area contributed by atoms with Crippen LogP contribution in [0.3, 0.4) is 0 Å². The molecular formula is C17H16N2O6. The Labute approximate surface area is 143 Å². The summed E-state index contributed by atoms with van der Waals surface area (Å²) in [6, 6.07) is 12.4. The third-order valence-corrected chi connectivity index (χ3v) is 3.49. The zero-order valence-corrected chi connectivity index (χ0v) is 13.5. The van der Waals surface area contributed by atoms with E-state index in [4.69, 9.17) is 4.74 Å². The van der Waals surface area contributed by atoms with Gasteiger partial charge in [-0.2, -0.15) is 0 Å². The van der Waals surface area contributed by atoms with E-state index >= 15 is 0 Å². The largest absolute Gasteiger partial charge is 0.462 e. The van der Waals surface area contributed by atoms with Gasteiger partial charge in [0.15, 0.2) is 0 Å². The highest BCUT2D eigenvalue weighted by molar-refractivity contribution is 5.91. The minimum atomic E-state index is -0.827. The number of carbonyl (C=O) groups is 1. The van der Waals surface area contributed by atoms with E-state index in [1.54, 1.807) is 0 Å². The van der Waals surface area contributed by atoms with Crippen LogP contribution in [0.2, 0.25) is 0 Å². The van der Waals surface area contributed by atoms with Gasteiger partial charge in [-0.15, -0.1) is 0 Å². The number of benzene rings is 2. The van der Waals surface area contributed by atoms with Crippen LogP contribution in [-0.2, 0) is 11.2 Å². The maximum absolute atomic E-state index is 12.1. The molecule has 0 unspecified atom stereocenters. The van der Waals surface area contributed by atoms with Crippen LogP contribution in [0.5, 0.6) is 0 Å². The molecule has 0 bridgehead atoms. The zero-order valence-electron chi connectivity index (χ0n) is 13.5. The fraction of sp³-hybridized carbons (Fsp3) is 0.235. The molecule has 0 N–H and O–H groups in total. The Morgan fingerprint density at radius 3 is 2.12 bits per heavy atom. The normalized spacial score (nSPS) is 11.6. The lowest BCUT2D eigenvalue weighted by Gasteiger charge is -2.12. The molecule has 130 valence electrons. The van der Waals surface area contributed by atoms with Gasteiger partial charge in [0.2, 0.25) is 0 Å². The summed E-state index contributed by atoms with van der Waals surface area (Å²) in [7, 11) is 0. The quantitative estimate of drug-likeness (QED) is 0.431. The van der Waals surface area contributed by atoms with Gasteiger partial charge in [-0.1, -0.05) is 37.3 Å². The van der Waals surface area contributed by atoms with Gasteiger partial charge >= 0.3 is 5.97 Å². The minimum absolute atomic E-state index is 0.0278. The smallest absolute Gasteiger partial charge is 0.338 e. The van der Waals surface area contributed by atoms with Crippen molar-refractivity contribution in [3.05, 3.63) is 79.9 Å². The predicted octanol–water partition coefficient (Wildman–Crippen LogP) is 3.54. The number of nitrogens with zero attached hydrogens (tertiary/aromatic N) is 2. The summed E-state index contributed by atoms with van der Waals surface area (Å²) in [5.74, 6) is -0.799. The first-order chi connectivity index (χ1) is 11.9. The molecule has 8 heteroatoms. The van der Waals surface area contributed by atoms with Crippen LogP contribution >= 0.6 is 0 Å². The maximum Gasteiger partial charge on any atom is 0.338 e. The van der Waals surface area contributed by atoms with Gasteiger partial charge in [0.05, 0.1) is 28.1 Å². The van der Waals surface area contributed by atoms with Gasteiger partial charge in [0.25, 0.3) is 11.4 Å². The molecule has 0 aliphatic carbocycles. The average Bonchev–Trinajstić information content (AvgIpc) is 2.60. The van der Waals surface area contributed by atoms with Crippen LogP contribution in [0.15, 0.2) is 48.5 Å². The summed E-state index contributed by atoms with van der Waals surface area (Å²) < 4.78 is 5.15. The molecule has 0 amide bonds. The topological polar surface area (TPSA) is 113 Å². The highest BCUT2D eigenvalue weighted by atomic mass is 16.6. The second-order valence-corrected chi connectivity index (χ2v) is 5.65. The maximum atomic E-state index is 12.1. The first-order valence-electron chi connectivity index (χ1n) is 7.51. The van der Waals surface area contributed by atoms with Crippen molar-refractivity contribution in [1.29, 1.82) is 0 Å². The molecule has 0 saturated heterocycles. The van der Waals surface area contributed by atoms with Crippen molar-refractivity contribution in [2.75, 3.05) is 6.61 Å². The number of esters is 1. The van der Waals surface area contributed by atoms with Crippen LogP contribution in [0.4, 0.5) is 11.4 Å². The molecule has 8 nitrogen and oxygen atoms in total. The van der Waals surface area contributed by atoms with Gasteiger partial charge in [0, 0.05) is 12.1 Å². The standard InChI is InChI=1S/C17H16N2O6/c1-12(7-13-5-3-2-4-6-13)11-25-17(20)14-8-15(18(21)22)10-16(9-14)19(23)24/h2-6,8-10,12H,7,11H2,1H3/t12-/m1/s1. The second-order valence-electron chi connectivity index (χ2n) is 5.65. The van der Waals surface area contributed by atoms with E-state index in [0.717, 1.165) is 23.8 Å². The van der Waals surface area contributed by atoms with Crippen molar-refractivity contribution in [3.8, 4) is 0 Å². The van der Waals surface area contributed by atoms with Crippen molar-refractivity contribution in [2.24, 2.45) is 5.92 Å². The third-order valence-electron chi connectivity index (χ3n) is 3.49. The number of ether oxygens (including phenoxy) is 1. The number of hydrogen-bond acceptors (Lipinski definition) is 6. The number of hydrogen-bond donors (Lipinski definition) is 0. The van der Waals surface area contributed by atoms with Crippen molar-refractivity contribution < 1.29 is 19.4 Å². The minimum Gasteiger partial charge on any atom is -0.462 e. The molecule has 0 aliphatic rings. The van der Waals surface area contributed by atoms with Gasteiger partial charge in [0.1, 0.15) is 0 Å². The van der Waals surface area contributed by atoms with Crippen molar-refractivity contribution >= 4 is 17.3 Å². The molecule has 2 rings (SSSR count). The van der Waals surface area contributed by atoms with Gasteiger partial charge < -0.3 is 4.74 Å². The van der Waals surface area contributed by atoms with Crippen molar-refractivity contribution in [1.82, 2.24) is 0 Å². The molecule has 0 saturated carbocycles. The van der Waals surface area contributed by atoms with E-state index in [1.807, 2.05) is 37.3 Å². The Bertz CT molecular complexity index is 759. The van der Waals surface area contributed by atoms with Crippen LogP contribution < -0.4 is 0 Å². The van der Waals surface area contributed by atoms with E-state index in [2.05, 4.69) is 0 Å². The number of carbonyl (C=O) groups excluding carboxylic acids is 1. The number of nitro groups is 2. The lowest BCUT2D eigenvalue weighted by atomic mass is 10.0. The van der Waals surface area contributed by atoms with Crippen LogP contribution in [0.1, 0.15) is 22.8 Å². The molecule has 0 radical (unpaired) electrons. The first-order valence-corrected chi connectivity index (χ1v) is 7.51. The lowest BCUT2D eigenvalue weighted by Crippen LogP contribution is -2.14. The number of rotatable bonds is 7. The summed E-state index contributed by atoms with van der Waals surface area (Å²) in [5.41, 5.74) is -0.179. The Hall–Kier alpha value is -3.29. The molecule has 0 spiro atoms. The monoisotopic (exact) mass is 344 g/mol. The van der Waals surface area contributed by atoms with E-state index in [0.29, 0.717) is 6.42 Å². The molecule has 1 atom stereocenters. The summed E-state index contributed by atoms with van der Waals surface area (Å²) in [6.45, 7) is 2.00. The van der Waals surface area contributed by atoms with Gasteiger partial charge in [-0.3, -0.25) is 20.2 Å². The second kappa shape index (κ2) is 8.00. The molecule has 0 aromatic heterocycles. The number of nitro benzene ring substituents is 2. The fourth-order valence-electron chi connectivity index (χ4n) is 2.30. The number of non-ortho nitro benzene ring substituents is 2. The van der Waals surface area contributed by atoms with Crippen LogP contribution in [0.25, 0.3) is 0 Å². The molecular weight excluding hydrogens is 328 g/mol. The molecule has 2 aromatic carbocycles. The van der Waals surface area contributed by atoms with E-state index in [-0.39, 0.29) is 18.1 Å². The molecule has 25 heavy (non-hydrogen) atoms. The van der Waals surface area contributed by atoms with Crippen LogP contribution in [0, 0.1) is 26.1 Å². The SMILES string of the molecule is C[C@@H](COC(=O)c1cc([N+](=O)[O-])cc([N+](=O)[O-])c1)Cc1ccccc1. The predicted molar refractivity (Wildman–Crippen MR) is 89.3 cm³/mol. The summed E-state index contributed by atoms with van der Waals surface area (Å²) >= 11 is 0. The van der Waals surface area contributed by atoms with E-state index in [9.17, 15) is 25.0 Å². The van der Waals surface area contributed by atoms with E-state index < -0.39 is 27.2 Å². The van der Waals surface area contributed by atoms with Crippen molar-refractivity contribution in [3.63, 3.8) is 0 Å². The summed E-state index contributed by atoms with van der Waals surface area (Å²) in [5, 5.41) is 21.7. The third kappa shape index (κ3) is 5.10. The zero-order chi connectivity index (χ0) is 18.4. The molecule has 0 fully saturated rings. The average molecular weight is 344 g/mol. The van der Waals surface area contributed by atoms with E-state index in [1.165, 1.54) is 0 Å². The Balaban J connectivity index is 2.05. The molecule has 2 aromatic rings. The molecule has 0 aliphatic heterocycles. The Morgan fingerprint density at radius 1 is 1.04 bits per heavy atom.